The summed E-state index contributed by atoms with van der Waals surface area (Å²) < 4.78 is 5.03. The summed E-state index contributed by atoms with van der Waals surface area (Å²) in [7, 11) is 0. The first kappa shape index (κ1) is 8.68. The number of nitrogens with one attached hydrogen (secondary N) is 1. The van der Waals surface area contributed by atoms with Crippen LogP contribution in [0, 0.1) is 5.92 Å². The van der Waals surface area contributed by atoms with Crippen LogP contribution in [0.5, 0.6) is 0 Å². The van der Waals surface area contributed by atoms with E-state index < -0.39 is 0 Å². The van der Waals surface area contributed by atoms with E-state index in [1.54, 1.807) is 0 Å². The summed E-state index contributed by atoms with van der Waals surface area (Å²) in [6, 6.07) is 0. The lowest BCUT2D eigenvalue weighted by atomic mass is 10.0. The van der Waals surface area contributed by atoms with E-state index in [1.807, 2.05) is 6.92 Å². The number of carbonyl (C=O) groups is 1. The van der Waals surface area contributed by atoms with Crippen molar-refractivity contribution in [2.75, 3.05) is 26.3 Å². The molecule has 1 heterocycles. The van der Waals surface area contributed by atoms with Gasteiger partial charge in [0.1, 0.15) is 6.61 Å². The van der Waals surface area contributed by atoms with Gasteiger partial charge in [0.2, 0.25) is 0 Å². The van der Waals surface area contributed by atoms with Crippen LogP contribution in [0.2, 0.25) is 0 Å². The van der Waals surface area contributed by atoms with E-state index in [-0.39, 0.29) is 11.7 Å². The maximum absolute atomic E-state index is 11.2. The smallest absolute Gasteiger partial charge is 0.162 e. The van der Waals surface area contributed by atoms with Crippen LogP contribution in [0.1, 0.15) is 13.3 Å². The molecule has 1 aliphatic rings. The molecule has 1 aliphatic heterocycles. The fourth-order valence-corrected chi connectivity index (χ4v) is 1.25. The summed E-state index contributed by atoms with van der Waals surface area (Å²) in [5.41, 5.74) is 0. The first-order chi connectivity index (χ1) is 5.34. The number of hydrogen-bond donors (Lipinski definition) is 1. The van der Waals surface area contributed by atoms with Gasteiger partial charge in [-0.05, 0) is 19.9 Å². The maximum atomic E-state index is 11.2. The second-order valence-corrected chi connectivity index (χ2v) is 2.79. The molecule has 11 heavy (non-hydrogen) atoms. The van der Waals surface area contributed by atoms with E-state index in [0.29, 0.717) is 13.2 Å². The second-order valence-electron chi connectivity index (χ2n) is 2.79. The number of ether oxygens (including phenoxy) is 1. The van der Waals surface area contributed by atoms with Crippen molar-refractivity contribution in [3.63, 3.8) is 0 Å². The Morgan fingerprint density at radius 3 is 3.09 bits per heavy atom. The van der Waals surface area contributed by atoms with Crippen molar-refractivity contribution >= 4 is 5.78 Å². The van der Waals surface area contributed by atoms with Gasteiger partial charge in [0.15, 0.2) is 5.78 Å². The standard InChI is InChI=1S/C8H15NO2/c1-2-11-6-8(10)7-3-4-9-5-7/h7,9H,2-6H2,1H3/t7-/m1/s1. The van der Waals surface area contributed by atoms with Crippen molar-refractivity contribution in [2.24, 2.45) is 5.92 Å². The van der Waals surface area contributed by atoms with Gasteiger partial charge in [-0.2, -0.15) is 0 Å². The van der Waals surface area contributed by atoms with Gasteiger partial charge in [0.25, 0.3) is 0 Å². The molecule has 3 nitrogen and oxygen atoms in total. The molecule has 1 saturated heterocycles. The van der Waals surface area contributed by atoms with E-state index in [1.165, 1.54) is 0 Å². The summed E-state index contributed by atoms with van der Waals surface area (Å²) in [6.45, 7) is 4.64. The number of carbonyl (C=O) groups excluding carboxylic acids is 1. The molecule has 1 N–H and O–H groups in total. The molecular formula is C8H15NO2. The molecule has 0 aliphatic carbocycles. The highest BCUT2D eigenvalue weighted by Gasteiger charge is 2.21. The van der Waals surface area contributed by atoms with E-state index in [0.717, 1.165) is 19.5 Å². The normalized spacial score (nSPS) is 23.9. The van der Waals surface area contributed by atoms with Gasteiger partial charge < -0.3 is 10.1 Å². The second kappa shape index (κ2) is 4.46. The third-order valence-corrected chi connectivity index (χ3v) is 1.96. The van der Waals surface area contributed by atoms with Crippen molar-refractivity contribution < 1.29 is 9.53 Å². The highest BCUT2D eigenvalue weighted by Crippen LogP contribution is 2.08. The molecule has 0 radical (unpaired) electrons. The van der Waals surface area contributed by atoms with Crippen LogP contribution < -0.4 is 5.32 Å². The number of Topliss-reactive ketones (excluding diaryl/α,β-unsaturated/α-hetero) is 1. The molecule has 0 saturated carbocycles. The largest absolute Gasteiger partial charge is 0.374 e. The van der Waals surface area contributed by atoms with Crippen LogP contribution in [0.3, 0.4) is 0 Å². The highest BCUT2D eigenvalue weighted by atomic mass is 16.5. The molecule has 64 valence electrons. The van der Waals surface area contributed by atoms with E-state index in [9.17, 15) is 4.79 Å². The SMILES string of the molecule is CCOCC(=O)[C@@H]1CCNC1. The molecule has 0 amide bonds. The summed E-state index contributed by atoms with van der Waals surface area (Å²) in [4.78, 5) is 11.2. The van der Waals surface area contributed by atoms with Gasteiger partial charge in [0, 0.05) is 19.1 Å². The zero-order valence-corrected chi connectivity index (χ0v) is 6.93. The molecule has 3 heteroatoms. The topological polar surface area (TPSA) is 38.3 Å². The molecule has 0 unspecified atom stereocenters. The third kappa shape index (κ3) is 2.60. The third-order valence-electron chi connectivity index (χ3n) is 1.96. The van der Waals surface area contributed by atoms with Gasteiger partial charge in [-0.1, -0.05) is 0 Å². The molecule has 1 fully saturated rings. The van der Waals surface area contributed by atoms with Crippen LogP contribution in [-0.2, 0) is 9.53 Å². The predicted molar refractivity (Wildman–Crippen MR) is 42.5 cm³/mol. The zero-order valence-electron chi connectivity index (χ0n) is 6.93. The van der Waals surface area contributed by atoms with Gasteiger partial charge in [-0.15, -0.1) is 0 Å². The Morgan fingerprint density at radius 2 is 2.55 bits per heavy atom. The Bertz CT molecular complexity index is 130. The van der Waals surface area contributed by atoms with E-state index in [4.69, 9.17) is 4.74 Å². The molecule has 0 aromatic rings. The molecule has 0 aromatic carbocycles. The van der Waals surface area contributed by atoms with Crippen molar-refractivity contribution in [1.29, 1.82) is 0 Å². The van der Waals surface area contributed by atoms with Crippen molar-refractivity contribution in [2.45, 2.75) is 13.3 Å². The molecular weight excluding hydrogens is 142 g/mol. The average Bonchev–Trinajstić information content (AvgIpc) is 2.52. The van der Waals surface area contributed by atoms with Crippen LogP contribution in [0.4, 0.5) is 0 Å². The molecule has 0 bridgehead atoms. The lowest BCUT2D eigenvalue weighted by Crippen LogP contribution is -2.22. The molecule has 1 rings (SSSR count). The first-order valence-electron chi connectivity index (χ1n) is 4.15. The Balaban J connectivity index is 2.17. The Labute approximate surface area is 67.1 Å². The van der Waals surface area contributed by atoms with Crippen molar-refractivity contribution in [1.82, 2.24) is 5.32 Å². The number of hydrogen-bond acceptors (Lipinski definition) is 3. The summed E-state index contributed by atoms with van der Waals surface area (Å²) in [5, 5.41) is 3.15. The molecule has 0 aromatic heterocycles. The van der Waals surface area contributed by atoms with E-state index in [2.05, 4.69) is 5.32 Å². The lowest BCUT2D eigenvalue weighted by molar-refractivity contribution is -0.126. The zero-order chi connectivity index (χ0) is 8.10. The van der Waals surface area contributed by atoms with Crippen LogP contribution in [0.25, 0.3) is 0 Å². The van der Waals surface area contributed by atoms with Gasteiger partial charge in [0.05, 0.1) is 0 Å². The molecule has 0 spiro atoms. The average molecular weight is 157 g/mol. The minimum absolute atomic E-state index is 0.210. The van der Waals surface area contributed by atoms with Gasteiger partial charge in [-0.25, -0.2) is 0 Å². The van der Waals surface area contributed by atoms with Gasteiger partial charge >= 0.3 is 0 Å². The molecule has 1 atom stereocenters. The Kier molecular flexibility index (Phi) is 3.52. The van der Waals surface area contributed by atoms with Crippen molar-refractivity contribution in [3.8, 4) is 0 Å². The highest BCUT2D eigenvalue weighted by molar-refractivity contribution is 5.82. The van der Waals surface area contributed by atoms with E-state index >= 15 is 0 Å². The monoisotopic (exact) mass is 157 g/mol. The van der Waals surface area contributed by atoms with Crippen LogP contribution in [0.15, 0.2) is 0 Å². The number of rotatable bonds is 4. The Hall–Kier alpha value is -0.410. The lowest BCUT2D eigenvalue weighted by Gasteiger charge is -2.05. The van der Waals surface area contributed by atoms with Crippen LogP contribution in [-0.4, -0.2) is 32.1 Å². The quantitative estimate of drug-likeness (QED) is 0.633. The van der Waals surface area contributed by atoms with Crippen LogP contribution >= 0.6 is 0 Å². The van der Waals surface area contributed by atoms with Crippen molar-refractivity contribution in [3.05, 3.63) is 0 Å². The fourth-order valence-electron chi connectivity index (χ4n) is 1.25. The van der Waals surface area contributed by atoms with Gasteiger partial charge in [-0.3, -0.25) is 4.79 Å². The first-order valence-corrected chi connectivity index (χ1v) is 4.15. The Morgan fingerprint density at radius 1 is 1.73 bits per heavy atom. The maximum Gasteiger partial charge on any atom is 0.162 e. The summed E-state index contributed by atoms with van der Waals surface area (Å²) >= 11 is 0. The summed E-state index contributed by atoms with van der Waals surface area (Å²) in [6.07, 6.45) is 0.978. The minimum Gasteiger partial charge on any atom is -0.374 e. The summed E-state index contributed by atoms with van der Waals surface area (Å²) in [5.74, 6) is 0.457. The number of ketones is 1. The minimum atomic E-state index is 0.210. The fraction of sp³-hybridized carbons (Fsp3) is 0.875. The predicted octanol–water partition coefficient (Wildman–Crippen LogP) is 0.201.